The number of benzene rings is 1. The smallest absolute Gasteiger partial charge is 0.210 e. The molecule has 1 rings (SSSR count). The lowest BCUT2D eigenvalue weighted by atomic mass is 10.2. The summed E-state index contributed by atoms with van der Waals surface area (Å²) in [5.41, 5.74) is 0.0728. The van der Waals surface area contributed by atoms with Gasteiger partial charge < -0.3 is 0 Å². The normalized spacial score (nSPS) is 11.6. The predicted octanol–water partition coefficient (Wildman–Crippen LogP) is 3.16. The standard InChI is InChI=1S/C23H30N6O4S2/c24-14-4-8-18-28(19-9-5-15-25)34(30,31)23(22-12-2-1-3-13-22)35(32,33)29(20-10-6-16-26)21-11-7-17-27/h1-3,12-13,23H,4-11,18-21H2. The Morgan fingerprint density at radius 1 is 0.600 bits per heavy atom. The minimum absolute atomic E-state index is 0.0525. The summed E-state index contributed by atoms with van der Waals surface area (Å²) in [6, 6.07) is 15.5. The van der Waals surface area contributed by atoms with E-state index in [2.05, 4.69) is 0 Å². The van der Waals surface area contributed by atoms with E-state index in [1.54, 1.807) is 18.2 Å². The highest BCUT2D eigenvalue weighted by Gasteiger charge is 2.45. The summed E-state index contributed by atoms with van der Waals surface area (Å²) in [6.07, 6.45) is 1.28. The Bertz CT molecular complexity index is 1050. The number of nitriles is 4. The van der Waals surface area contributed by atoms with Crippen LogP contribution in [0.2, 0.25) is 0 Å². The highest BCUT2D eigenvalue weighted by atomic mass is 32.3. The molecule has 1 aromatic rings. The van der Waals surface area contributed by atoms with Crippen molar-refractivity contribution in [1.82, 2.24) is 8.61 Å². The molecule has 0 N–H and O–H groups in total. The lowest BCUT2D eigenvalue weighted by Gasteiger charge is -2.31. The van der Waals surface area contributed by atoms with Crippen LogP contribution in [0.1, 0.15) is 61.5 Å². The summed E-state index contributed by atoms with van der Waals surface area (Å²) in [4.78, 5) is 0. The third kappa shape index (κ3) is 9.28. The largest absolute Gasteiger partial charge is 0.237 e. The van der Waals surface area contributed by atoms with Crippen LogP contribution < -0.4 is 0 Å². The van der Waals surface area contributed by atoms with Gasteiger partial charge in [0.1, 0.15) is 0 Å². The molecular weight excluding hydrogens is 488 g/mol. The molecule has 35 heavy (non-hydrogen) atoms. The molecule has 0 amide bonds. The SMILES string of the molecule is N#CCCCN(CCCC#N)S(=O)(=O)C(c1ccccc1)S(=O)(=O)N(CCCC#N)CCCC#N. The van der Waals surface area contributed by atoms with Crippen molar-refractivity contribution in [2.45, 2.75) is 55.9 Å². The van der Waals surface area contributed by atoms with Gasteiger partial charge in [0.05, 0.1) is 24.3 Å². The Hall–Kier alpha value is -3.00. The van der Waals surface area contributed by atoms with Crippen LogP contribution in [0.4, 0.5) is 0 Å². The van der Waals surface area contributed by atoms with Crippen molar-refractivity contribution in [2.24, 2.45) is 0 Å². The van der Waals surface area contributed by atoms with Gasteiger partial charge in [0, 0.05) is 51.9 Å². The van der Waals surface area contributed by atoms with Crippen molar-refractivity contribution in [3.8, 4) is 24.3 Å². The van der Waals surface area contributed by atoms with Crippen LogP contribution >= 0.6 is 0 Å². The van der Waals surface area contributed by atoms with E-state index < -0.39 is 24.6 Å². The summed E-state index contributed by atoms with van der Waals surface area (Å²) in [7, 11) is -8.97. The van der Waals surface area contributed by atoms with E-state index >= 15 is 0 Å². The highest BCUT2D eigenvalue weighted by molar-refractivity contribution is 8.06. The molecule has 0 radical (unpaired) electrons. The van der Waals surface area contributed by atoms with Gasteiger partial charge in [0.15, 0.2) is 0 Å². The predicted molar refractivity (Wildman–Crippen MR) is 130 cm³/mol. The molecule has 0 aromatic heterocycles. The van der Waals surface area contributed by atoms with Gasteiger partial charge in [-0.3, -0.25) is 0 Å². The Labute approximate surface area is 208 Å². The summed E-state index contributed by atoms with van der Waals surface area (Å²) in [6.45, 7) is -0.210. The Balaban J connectivity index is 3.55. The average molecular weight is 519 g/mol. The summed E-state index contributed by atoms with van der Waals surface area (Å²) >= 11 is 0. The van der Waals surface area contributed by atoms with E-state index in [9.17, 15) is 16.8 Å². The van der Waals surface area contributed by atoms with Gasteiger partial charge in [-0.2, -0.15) is 21.0 Å². The van der Waals surface area contributed by atoms with Gasteiger partial charge in [-0.1, -0.05) is 30.3 Å². The second kappa shape index (κ2) is 15.8. The van der Waals surface area contributed by atoms with Crippen molar-refractivity contribution in [3.05, 3.63) is 35.9 Å². The van der Waals surface area contributed by atoms with Crippen LogP contribution in [-0.2, 0) is 20.0 Å². The van der Waals surface area contributed by atoms with Gasteiger partial charge in [0.2, 0.25) is 24.6 Å². The number of nitrogens with zero attached hydrogens (tertiary/aromatic N) is 6. The third-order valence-corrected chi connectivity index (χ3v) is 10.4. The number of unbranched alkanes of at least 4 members (excludes halogenated alkanes) is 4. The van der Waals surface area contributed by atoms with Crippen LogP contribution in [0.3, 0.4) is 0 Å². The topological polar surface area (TPSA) is 170 Å². The molecule has 0 spiro atoms. The first-order chi connectivity index (χ1) is 16.8. The molecular formula is C23H30N6O4S2. The van der Waals surface area contributed by atoms with Crippen LogP contribution in [0, 0.1) is 45.3 Å². The summed E-state index contributed by atoms with van der Waals surface area (Å²) < 4.78 is 55.7. The van der Waals surface area contributed by atoms with Crippen molar-refractivity contribution in [3.63, 3.8) is 0 Å². The highest BCUT2D eigenvalue weighted by Crippen LogP contribution is 2.34. The number of hydrogen-bond acceptors (Lipinski definition) is 8. The number of sulfonamides is 2. The second-order valence-corrected chi connectivity index (χ2v) is 12.0. The van der Waals surface area contributed by atoms with E-state index in [4.69, 9.17) is 21.0 Å². The molecule has 0 unspecified atom stereocenters. The molecule has 0 saturated carbocycles. The molecule has 0 fully saturated rings. The summed E-state index contributed by atoms with van der Waals surface area (Å²) in [5.74, 6) is 0. The van der Waals surface area contributed by atoms with E-state index in [0.717, 1.165) is 8.61 Å². The maximum atomic E-state index is 13.9. The monoisotopic (exact) mass is 518 g/mol. The van der Waals surface area contributed by atoms with Crippen LogP contribution in [-0.4, -0.2) is 51.6 Å². The molecule has 0 atom stereocenters. The first kappa shape index (κ1) is 30.0. The fraction of sp³-hybridized carbons (Fsp3) is 0.565. The van der Waals surface area contributed by atoms with Gasteiger partial charge in [0.25, 0.3) is 0 Å². The molecule has 0 heterocycles. The molecule has 0 aliphatic rings. The van der Waals surface area contributed by atoms with E-state index in [1.807, 2.05) is 24.3 Å². The lowest BCUT2D eigenvalue weighted by molar-refractivity contribution is 0.386. The van der Waals surface area contributed by atoms with Crippen molar-refractivity contribution < 1.29 is 16.8 Å². The van der Waals surface area contributed by atoms with Crippen LogP contribution in [0.15, 0.2) is 30.3 Å². The average Bonchev–Trinajstić information content (AvgIpc) is 2.82. The fourth-order valence-electron chi connectivity index (χ4n) is 3.45. The Morgan fingerprint density at radius 2 is 0.914 bits per heavy atom. The maximum Gasteiger partial charge on any atom is 0.237 e. The minimum atomic E-state index is -4.49. The first-order valence-corrected chi connectivity index (χ1v) is 14.3. The van der Waals surface area contributed by atoms with Gasteiger partial charge >= 0.3 is 0 Å². The quantitative estimate of drug-likeness (QED) is 0.283. The van der Waals surface area contributed by atoms with E-state index in [1.165, 1.54) is 12.1 Å². The zero-order valence-corrected chi connectivity index (χ0v) is 21.2. The molecule has 0 aliphatic carbocycles. The molecule has 12 heteroatoms. The molecule has 188 valence electrons. The van der Waals surface area contributed by atoms with Crippen molar-refractivity contribution in [1.29, 1.82) is 21.0 Å². The van der Waals surface area contributed by atoms with E-state index in [-0.39, 0.29) is 83.1 Å². The third-order valence-electron chi connectivity index (χ3n) is 5.12. The molecule has 0 bridgehead atoms. The molecule has 0 saturated heterocycles. The Kier molecular flexibility index (Phi) is 13.6. The van der Waals surface area contributed by atoms with Gasteiger partial charge in [-0.05, 0) is 31.2 Å². The first-order valence-electron chi connectivity index (χ1n) is 11.3. The van der Waals surface area contributed by atoms with E-state index in [0.29, 0.717) is 0 Å². The van der Waals surface area contributed by atoms with Crippen molar-refractivity contribution >= 4 is 20.0 Å². The number of hydrogen-bond donors (Lipinski definition) is 0. The molecule has 0 aliphatic heterocycles. The summed E-state index contributed by atoms with van der Waals surface area (Å²) in [5, 5.41) is 35.5. The molecule has 10 nitrogen and oxygen atoms in total. The minimum Gasteiger partial charge on any atom is -0.210 e. The number of rotatable bonds is 17. The van der Waals surface area contributed by atoms with Crippen molar-refractivity contribution in [2.75, 3.05) is 26.2 Å². The van der Waals surface area contributed by atoms with Crippen LogP contribution in [0.5, 0.6) is 0 Å². The molecule has 1 aromatic carbocycles. The zero-order valence-electron chi connectivity index (χ0n) is 19.6. The van der Waals surface area contributed by atoms with Gasteiger partial charge in [-0.25, -0.2) is 25.4 Å². The fourth-order valence-corrected chi connectivity index (χ4v) is 8.49. The lowest BCUT2D eigenvalue weighted by Crippen LogP contribution is -2.44. The second-order valence-electron chi connectivity index (χ2n) is 7.68. The van der Waals surface area contributed by atoms with Crippen LogP contribution in [0.25, 0.3) is 0 Å². The zero-order chi connectivity index (χ0) is 26.2. The maximum absolute atomic E-state index is 13.9. The Morgan fingerprint density at radius 3 is 1.20 bits per heavy atom. The van der Waals surface area contributed by atoms with Gasteiger partial charge in [-0.15, -0.1) is 0 Å².